The standard InChI is InChI=1S/C26H50O6/c1-2-3-4-5-6-7-8-12-17-28-19-21-30-23-24-31-22-20-29-18-13-16-26(27)32-25-14-10-9-11-15-25/h25H,2-24H2,1H3. The highest BCUT2D eigenvalue weighted by Crippen LogP contribution is 2.20. The molecule has 0 spiro atoms. The molecule has 1 rings (SSSR count). The molecule has 0 aliphatic heterocycles. The molecule has 0 aromatic carbocycles. The summed E-state index contributed by atoms with van der Waals surface area (Å²) in [6, 6.07) is 0. The van der Waals surface area contributed by atoms with Gasteiger partial charge in [-0.25, -0.2) is 0 Å². The number of carbonyl (C=O) groups is 1. The van der Waals surface area contributed by atoms with E-state index >= 15 is 0 Å². The van der Waals surface area contributed by atoms with Gasteiger partial charge in [-0.1, -0.05) is 58.3 Å². The van der Waals surface area contributed by atoms with Gasteiger partial charge in [-0.15, -0.1) is 0 Å². The van der Waals surface area contributed by atoms with Crippen molar-refractivity contribution in [1.29, 1.82) is 0 Å². The van der Waals surface area contributed by atoms with Crippen LogP contribution in [-0.4, -0.2) is 64.9 Å². The van der Waals surface area contributed by atoms with Crippen molar-refractivity contribution in [2.24, 2.45) is 0 Å². The van der Waals surface area contributed by atoms with E-state index in [0.717, 1.165) is 25.9 Å². The van der Waals surface area contributed by atoms with Gasteiger partial charge in [-0.2, -0.15) is 0 Å². The Balaban J connectivity index is 1.68. The lowest BCUT2D eigenvalue weighted by Crippen LogP contribution is -2.21. The van der Waals surface area contributed by atoms with Gasteiger partial charge >= 0.3 is 5.97 Å². The van der Waals surface area contributed by atoms with Crippen LogP contribution in [0.15, 0.2) is 0 Å². The highest BCUT2D eigenvalue weighted by Gasteiger charge is 2.17. The molecule has 0 unspecified atom stereocenters. The van der Waals surface area contributed by atoms with Crippen molar-refractivity contribution in [1.82, 2.24) is 0 Å². The van der Waals surface area contributed by atoms with Gasteiger partial charge in [0.25, 0.3) is 0 Å². The summed E-state index contributed by atoms with van der Waals surface area (Å²) in [4.78, 5) is 11.8. The second-order valence-electron chi connectivity index (χ2n) is 8.78. The number of ether oxygens (including phenoxy) is 5. The van der Waals surface area contributed by atoms with E-state index in [-0.39, 0.29) is 12.1 Å². The lowest BCUT2D eigenvalue weighted by atomic mass is 9.98. The summed E-state index contributed by atoms with van der Waals surface area (Å²) >= 11 is 0. The van der Waals surface area contributed by atoms with Gasteiger partial charge in [-0.3, -0.25) is 4.79 Å². The minimum Gasteiger partial charge on any atom is -0.462 e. The van der Waals surface area contributed by atoms with Gasteiger partial charge in [0.1, 0.15) is 6.10 Å². The van der Waals surface area contributed by atoms with Gasteiger partial charge in [0.15, 0.2) is 0 Å². The van der Waals surface area contributed by atoms with Crippen LogP contribution in [0.25, 0.3) is 0 Å². The zero-order chi connectivity index (χ0) is 23.0. The van der Waals surface area contributed by atoms with E-state index in [0.29, 0.717) is 59.1 Å². The van der Waals surface area contributed by atoms with E-state index in [1.165, 1.54) is 64.2 Å². The van der Waals surface area contributed by atoms with Crippen LogP contribution in [0.4, 0.5) is 0 Å². The summed E-state index contributed by atoms with van der Waals surface area (Å²) in [6.07, 6.45) is 17.5. The first kappa shape index (κ1) is 29.3. The molecule has 32 heavy (non-hydrogen) atoms. The maximum absolute atomic E-state index is 11.8. The van der Waals surface area contributed by atoms with Crippen LogP contribution in [0.2, 0.25) is 0 Å². The predicted octanol–water partition coefficient (Wildman–Crippen LogP) is 5.85. The maximum atomic E-state index is 11.8. The Morgan fingerprint density at radius 1 is 0.594 bits per heavy atom. The van der Waals surface area contributed by atoms with Crippen LogP contribution >= 0.6 is 0 Å². The van der Waals surface area contributed by atoms with Crippen LogP contribution in [0.3, 0.4) is 0 Å². The van der Waals surface area contributed by atoms with Crippen molar-refractivity contribution >= 4 is 5.97 Å². The molecule has 6 heteroatoms. The predicted molar refractivity (Wildman–Crippen MR) is 128 cm³/mol. The highest BCUT2D eigenvalue weighted by molar-refractivity contribution is 5.69. The highest BCUT2D eigenvalue weighted by atomic mass is 16.6. The Kier molecular flexibility index (Phi) is 21.5. The first-order valence-corrected chi connectivity index (χ1v) is 13.3. The summed E-state index contributed by atoms with van der Waals surface area (Å²) < 4.78 is 27.6. The molecule has 0 amide bonds. The molecule has 1 aliphatic carbocycles. The zero-order valence-electron chi connectivity index (χ0n) is 20.8. The van der Waals surface area contributed by atoms with Gasteiger partial charge < -0.3 is 23.7 Å². The number of hydrogen-bond acceptors (Lipinski definition) is 6. The van der Waals surface area contributed by atoms with Crippen LogP contribution in [0, 0.1) is 0 Å². The molecule has 1 aliphatic rings. The molecule has 0 saturated heterocycles. The molecular formula is C26H50O6. The second kappa shape index (κ2) is 23.5. The molecule has 190 valence electrons. The third-order valence-corrected chi connectivity index (χ3v) is 5.78. The van der Waals surface area contributed by atoms with E-state index in [1.807, 2.05) is 0 Å². The van der Waals surface area contributed by atoms with Crippen LogP contribution in [0.1, 0.15) is 103 Å². The van der Waals surface area contributed by atoms with Gasteiger partial charge in [0, 0.05) is 19.6 Å². The Labute approximate surface area is 197 Å². The largest absolute Gasteiger partial charge is 0.462 e. The van der Waals surface area contributed by atoms with Crippen molar-refractivity contribution in [2.45, 2.75) is 109 Å². The Bertz CT molecular complexity index is 398. The van der Waals surface area contributed by atoms with E-state index in [4.69, 9.17) is 23.7 Å². The number of unbranched alkanes of at least 4 members (excludes halogenated alkanes) is 7. The van der Waals surface area contributed by atoms with Gasteiger partial charge in [0.05, 0.1) is 39.6 Å². The van der Waals surface area contributed by atoms with Crippen molar-refractivity contribution < 1.29 is 28.5 Å². The summed E-state index contributed by atoms with van der Waals surface area (Å²) in [5, 5.41) is 0. The van der Waals surface area contributed by atoms with E-state index < -0.39 is 0 Å². The fraction of sp³-hybridized carbons (Fsp3) is 0.962. The lowest BCUT2D eigenvalue weighted by Gasteiger charge is -2.21. The fourth-order valence-corrected chi connectivity index (χ4v) is 3.85. The minimum absolute atomic E-state index is 0.0873. The summed E-state index contributed by atoms with van der Waals surface area (Å²) in [7, 11) is 0. The topological polar surface area (TPSA) is 63.2 Å². The van der Waals surface area contributed by atoms with Crippen molar-refractivity contribution in [3.63, 3.8) is 0 Å². The Morgan fingerprint density at radius 3 is 1.62 bits per heavy atom. The fourth-order valence-electron chi connectivity index (χ4n) is 3.85. The normalized spacial score (nSPS) is 14.7. The first-order valence-electron chi connectivity index (χ1n) is 13.3. The molecule has 0 radical (unpaired) electrons. The molecule has 0 bridgehead atoms. The molecule has 1 saturated carbocycles. The third kappa shape index (κ3) is 20.0. The van der Waals surface area contributed by atoms with Crippen LogP contribution < -0.4 is 0 Å². The Hall–Kier alpha value is -0.690. The third-order valence-electron chi connectivity index (χ3n) is 5.78. The van der Waals surface area contributed by atoms with Gasteiger partial charge in [0.2, 0.25) is 0 Å². The number of esters is 1. The monoisotopic (exact) mass is 458 g/mol. The maximum Gasteiger partial charge on any atom is 0.306 e. The lowest BCUT2D eigenvalue weighted by molar-refractivity contribution is -0.150. The van der Waals surface area contributed by atoms with Crippen LogP contribution in [-0.2, 0) is 28.5 Å². The first-order chi connectivity index (χ1) is 15.8. The van der Waals surface area contributed by atoms with E-state index in [9.17, 15) is 4.79 Å². The van der Waals surface area contributed by atoms with Crippen molar-refractivity contribution in [3.8, 4) is 0 Å². The van der Waals surface area contributed by atoms with Gasteiger partial charge in [-0.05, 0) is 38.5 Å². The molecule has 0 aromatic heterocycles. The molecular weight excluding hydrogens is 408 g/mol. The molecule has 6 nitrogen and oxygen atoms in total. The van der Waals surface area contributed by atoms with Crippen molar-refractivity contribution in [3.05, 3.63) is 0 Å². The quantitative estimate of drug-likeness (QED) is 0.141. The molecule has 0 N–H and O–H groups in total. The van der Waals surface area contributed by atoms with Crippen molar-refractivity contribution in [2.75, 3.05) is 52.9 Å². The molecule has 0 aromatic rings. The molecule has 0 heterocycles. The van der Waals surface area contributed by atoms with E-state index in [1.54, 1.807) is 0 Å². The summed E-state index contributed by atoms with van der Waals surface area (Å²) in [5.41, 5.74) is 0. The average Bonchev–Trinajstić information content (AvgIpc) is 2.80. The number of hydrogen-bond donors (Lipinski definition) is 0. The van der Waals surface area contributed by atoms with E-state index in [2.05, 4.69) is 6.92 Å². The average molecular weight is 459 g/mol. The zero-order valence-corrected chi connectivity index (χ0v) is 20.8. The smallest absolute Gasteiger partial charge is 0.306 e. The number of rotatable bonds is 23. The SMILES string of the molecule is CCCCCCCCCCOCCOCCOCCOCCCC(=O)OC1CCCCC1. The minimum atomic E-state index is -0.0873. The molecule has 1 fully saturated rings. The second-order valence-corrected chi connectivity index (χ2v) is 8.78. The van der Waals surface area contributed by atoms with Crippen LogP contribution in [0.5, 0.6) is 0 Å². The molecule has 0 atom stereocenters. The summed E-state index contributed by atoms with van der Waals surface area (Å²) in [5.74, 6) is -0.0873. The number of carbonyl (C=O) groups excluding carboxylic acids is 1. The summed E-state index contributed by atoms with van der Waals surface area (Å²) in [6.45, 7) is 7.16. The Morgan fingerprint density at radius 2 is 1.06 bits per heavy atom.